The van der Waals surface area contributed by atoms with Gasteiger partial charge in [0.1, 0.15) is 24.0 Å². The van der Waals surface area contributed by atoms with Crippen LogP contribution in [-0.4, -0.2) is 46.6 Å². The fraction of sp³-hybridized carbons (Fsp3) is 0.538. The van der Waals surface area contributed by atoms with E-state index in [2.05, 4.69) is 9.72 Å². The summed E-state index contributed by atoms with van der Waals surface area (Å²) >= 11 is 0. The number of aliphatic hydroxyl groups excluding tert-OH is 2. The zero-order valence-corrected chi connectivity index (χ0v) is 10.8. The molecule has 1 aliphatic rings. The van der Waals surface area contributed by atoms with Gasteiger partial charge in [0.05, 0.1) is 13.2 Å². The molecule has 0 spiro atoms. The molecule has 6 heteroatoms. The number of rotatable bonds is 3. The molecule has 104 valence electrons. The third-order valence-corrected chi connectivity index (χ3v) is 3.27. The molecule has 19 heavy (non-hydrogen) atoms. The lowest BCUT2D eigenvalue weighted by Crippen LogP contribution is -2.30. The number of ether oxygens (including phenoxy) is 2. The maximum absolute atomic E-state index is 11.4. The molecule has 1 aromatic rings. The van der Waals surface area contributed by atoms with E-state index in [1.54, 1.807) is 6.07 Å². The molecule has 1 saturated heterocycles. The number of aromatic nitrogens is 1. The van der Waals surface area contributed by atoms with Crippen LogP contribution in [0.25, 0.3) is 0 Å². The number of hydrogen-bond donors (Lipinski definition) is 2. The summed E-state index contributed by atoms with van der Waals surface area (Å²) in [4.78, 5) is 15.3. The van der Waals surface area contributed by atoms with E-state index in [9.17, 15) is 15.0 Å². The first kappa shape index (κ1) is 13.9. The van der Waals surface area contributed by atoms with E-state index < -0.39 is 30.4 Å². The largest absolute Gasteiger partial charge is 0.464 e. The van der Waals surface area contributed by atoms with Crippen LogP contribution in [0, 0.1) is 0 Å². The lowest BCUT2D eigenvalue weighted by Gasteiger charge is -2.15. The Kier molecular flexibility index (Phi) is 4.14. The quantitative estimate of drug-likeness (QED) is 0.772. The van der Waals surface area contributed by atoms with Crippen LogP contribution in [0.15, 0.2) is 18.3 Å². The topological polar surface area (TPSA) is 88.9 Å². The Morgan fingerprint density at radius 1 is 1.47 bits per heavy atom. The monoisotopic (exact) mass is 267 g/mol. The molecule has 0 unspecified atom stereocenters. The molecule has 0 aromatic carbocycles. The SMILES string of the molecule is CC[C@H]1O[C@@H](c2ccnc(C(=O)OC)c2)[C@H](O)[C@@H]1O. The minimum absolute atomic E-state index is 0.144. The van der Waals surface area contributed by atoms with Gasteiger partial charge in [0.25, 0.3) is 0 Å². The van der Waals surface area contributed by atoms with Crippen molar-refractivity contribution >= 4 is 5.97 Å². The third-order valence-electron chi connectivity index (χ3n) is 3.27. The van der Waals surface area contributed by atoms with Crippen molar-refractivity contribution in [1.82, 2.24) is 4.98 Å². The number of pyridine rings is 1. The zero-order chi connectivity index (χ0) is 14.0. The predicted molar refractivity (Wildman–Crippen MR) is 65.5 cm³/mol. The Hall–Kier alpha value is -1.50. The van der Waals surface area contributed by atoms with Crippen LogP contribution in [-0.2, 0) is 9.47 Å². The first-order valence-electron chi connectivity index (χ1n) is 6.14. The number of carbonyl (C=O) groups excluding carboxylic acids is 1. The molecule has 4 atom stereocenters. The van der Waals surface area contributed by atoms with E-state index in [0.717, 1.165) is 0 Å². The average molecular weight is 267 g/mol. The summed E-state index contributed by atoms with van der Waals surface area (Å²) in [6.45, 7) is 1.87. The van der Waals surface area contributed by atoms with Gasteiger partial charge in [-0.3, -0.25) is 0 Å². The van der Waals surface area contributed by atoms with Crippen LogP contribution >= 0.6 is 0 Å². The van der Waals surface area contributed by atoms with Gasteiger partial charge in [-0.2, -0.15) is 0 Å². The van der Waals surface area contributed by atoms with Crippen molar-refractivity contribution in [2.75, 3.05) is 7.11 Å². The summed E-state index contributed by atoms with van der Waals surface area (Å²) in [5, 5.41) is 19.8. The molecular weight excluding hydrogens is 250 g/mol. The molecule has 1 fully saturated rings. The second-order valence-electron chi connectivity index (χ2n) is 4.45. The highest BCUT2D eigenvalue weighted by atomic mass is 16.5. The van der Waals surface area contributed by atoms with Gasteiger partial charge >= 0.3 is 5.97 Å². The second-order valence-corrected chi connectivity index (χ2v) is 4.45. The van der Waals surface area contributed by atoms with Gasteiger partial charge in [-0.1, -0.05) is 6.92 Å². The smallest absolute Gasteiger partial charge is 0.356 e. The first-order valence-corrected chi connectivity index (χ1v) is 6.14. The van der Waals surface area contributed by atoms with E-state index in [4.69, 9.17) is 4.74 Å². The van der Waals surface area contributed by atoms with Crippen LogP contribution in [0.3, 0.4) is 0 Å². The highest BCUT2D eigenvalue weighted by Gasteiger charge is 2.42. The molecule has 0 amide bonds. The average Bonchev–Trinajstić information content (AvgIpc) is 2.74. The van der Waals surface area contributed by atoms with E-state index in [1.807, 2.05) is 6.92 Å². The van der Waals surface area contributed by atoms with Crippen molar-refractivity contribution in [1.29, 1.82) is 0 Å². The highest BCUT2D eigenvalue weighted by molar-refractivity contribution is 5.87. The van der Waals surface area contributed by atoms with Crippen LogP contribution < -0.4 is 0 Å². The van der Waals surface area contributed by atoms with Gasteiger partial charge in [-0.15, -0.1) is 0 Å². The van der Waals surface area contributed by atoms with E-state index >= 15 is 0 Å². The minimum Gasteiger partial charge on any atom is -0.464 e. The lowest BCUT2D eigenvalue weighted by atomic mass is 10.0. The minimum atomic E-state index is -1.02. The molecule has 2 heterocycles. The summed E-state index contributed by atoms with van der Waals surface area (Å²) < 4.78 is 10.2. The van der Waals surface area contributed by atoms with Crippen molar-refractivity contribution < 1.29 is 24.5 Å². The summed E-state index contributed by atoms with van der Waals surface area (Å²) in [5.74, 6) is -0.554. The van der Waals surface area contributed by atoms with Crippen molar-refractivity contribution in [3.8, 4) is 0 Å². The lowest BCUT2D eigenvalue weighted by molar-refractivity contribution is 0.00547. The first-order chi connectivity index (χ1) is 9.08. The number of methoxy groups -OCH3 is 1. The standard InChI is InChI=1S/C13H17NO5/c1-3-9-10(15)11(16)12(19-9)7-4-5-14-8(6-7)13(17)18-2/h4-6,9-12,15-16H,3H2,1-2H3/t9-,10-,11-,12+/m1/s1. The normalized spacial score (nSPS) is 30.3. The van der Waals surface area contributed by atoms with Crippen molar-refractivity contribution in [3.63, 3.8) is 0 Å². The maximum atomic E-state index is 11.4. The summed E-state index contributed by atoms with van der Waals surface area (Å²) in [6, 6.07) is 3.15. The van der Waals surface area contributed by atoms with Crippen LogP contribution in [0.1, 0.15) is 35.5 Å². The van der Waals surface area contributed by atoms with Gasteiger partial charge in [0.15, 0.2) is 0 Å². The number of hydrogen-bond acceptors (Lipinski definition) is 6. The fourth-order valence-electron chi connectivity index (χ4n) is 2.20. The molecule has 1 aromatic heterocycles. The van der Waals surface area contributed by atoms with Crippen LogP contribution in [0.2, 0.25) is 0 Å². The zero-order valence-electron chi connectivity index (χ0n) is 10.8. The molecule has 6 nitrogen and oxygen atoms in total. The number of aliphatic hydroxyl groups is 2. The number of esters is 1. The van der Waals surface area contributed by atoms with Crippen LogP contribution in [0.4, 0.5) is 0 Å². The van der Waals surface area contributed by atoms with Gasteiger partial charge in [-0.25, -0.2) is 9.78 Å². The van der Waals surface area contributed by atoms with E-state index in [0.29, 0.717) is 12.0 Å². The molecule has 0 saturated carbocycles. The molecule has 2 N–H and O–H groups in total. The molecule has 2 rings (SSSR count). The highest BCUT2D eigenvalue weighted by Crippen LogP contribution is 2.34. The Labute approximate surface area is 111 Å². The Morgan fingerprint density at radius 3 is 2.79 bits per heavy atom. The summed E-state index contributed by atoms with van der Waals surface area (Å²) in [6.07, 6.45) is -0.962. The molecule has 0 bridgehead atoms. The number of nitrogens with zero attached hydrogens (tertiary/aromatic N) is 1. The molecule has 0 aliphatic carbocycles. The van der Waals surface area contributed by atoms with Gasteiger partial charge in [-0.05, 0) is 24.1 Å². The van der Waals surface area contributed by atoms with Gasteiger partial charge in [0.2, 0.25) is 0 Å². The Balaban J connectivity index is 2.25. The fourth-order valence-corrected chi connectivity index (χ4v) is 2.20. The van der Waals surface area contributed by atoms with Crippen molar-refractivity contribution in [2.24, 2.45) is 0 Å². The van der Waals surface area contributed by atoms with E-state index in [-0.39, 0.29) is 5.69 Å². The Bertz CT molecular complexity index is 464. The number of carbonyl (C=O) groups is 1. The third kappa shape index (κ3) is 2.60. The van der Waals surface area contributed by atoms with Crippen molar-refractivity contribution in [3.05, 3.63) is 29.6 Å². The molecule has 0 radical (unpaired) electrons. The molecule has 1 aliphatic heterocycles. The predicted octanol–water partition coefficient (Wildman–Crippen LogP) is 0.440. The summed E-state index contributed by atoms with van der Waals surface area (Å²) in [5.41, 5.74) is 0.739. The maximum Gasteiger partial charge on any atom is 0.356 e. The van der Waals surface area contributed by atoms with Crippen molar-refractivity contribution in [2.45, 2.75) is 37.8 Å². The summed E-state index contributed by atoms with van der Waals surface area (Å²) in [7, 11) is 1.27. The van der Waals surface area contributed by atoms with E-state index in [1.165, 1.54) is 19.4 Å². The van der Waals surface area contributed by atoms with Crippen LogP contribution in [0.5, 0.6) is 0 Å². The van der Waals surface area contributed by atoms with Gasteiger partial charge in [0, 0.05) is 6.20 Å². The molecular formula is C13H17NO5. The van der Waals surface area contributed by atoms with Gasteiger partial charge < -0.3 is 19.7 Å². The Morgan fingerprint density at radius 2 is 2.21 bits per heavy atom. The second kappa shape index (κ2) is 5.64.